The Labute approximate surface area is 93.4 Å². The molecule has 0 radical (unpaired) electrons. The van der Waals surface area contributed by atoms with Crippen LogP contribution in [0.5, 0.6) is 0 Å². The maximum Gasteiger partial charge on any atom is 0.244 e. The molecular formula is C11H14N2OS. The fourth-order valence-electron chi connectivity index (χ4n) is 1.29. The normalized spacial score (nSPS) is 17.2. The Morgan fingerprint density at radius 3 is 2.47 bits per heavy atom. The lowest BCUT2D eigenvalue weighted by molar-refractivity contribution is -0.118. The SMILES string of the molecule is CSc1ccc(NC(=O)C2(N)CC2)cc1. The van der Waals surface area contributed by atoms with Gasteiger partial charge in [0.1, 0.15) is 0 Å². The predicted octanol–water partition coefficient (Wildman–Crippen LogP) is 1.84. The largest absolute Gasteiger partial charge is 0.324 e. The molecule has 0 spiro atoms. The van der Waals surface area contributed by atoms with Crippen LogP contribution in [0.25, 0.3) is 0 Å². The van der Waals surface area contributed by atoms with Gasteiger partial charge in [-0.25, -0.2) is 0 Å². The molecule has 15 heavy (non-hydrogen) atoms. The molecule has 1 aromatic rings. The van der Waals surface area contributed by atoms with Crippen LogP contribution in [0, 0.1) is 0 Å². The lowest BCUT2D eigenvalue weighted by atomic mass is 10.2. The lowest BCUT2D eigenvalue weighted by Gasteiger charge is -2.10. The number of carbonyl (C=O) groups excluding carboxylic acids is 1. The Bertz CT molecular complexity index is 371. The van der Waals surface area contributed by atoms with Crippen molar-refractivity contribution in [2.45, 2.75) is 23.3 Å². The number of carbonyl (C=O) groups is 1. The minimum absolute atomic E-state index is 0.0700. The Morgan fingerprint density at radius 2 is 2.00 bits per heavy atom. The van der Waals surface area contributed by atoms with Crippen LogP contribution >= 0.6 is 11.8 Å². The second kappa shape index (κ2) is 3.87. The van der Waals surface area contributed by atoms with Gasteiger partial charge in [0.2, 0.25) is 5.91 Å². The highest BCUT2D eigenvalue weighted by Crippen LogP contribution is 2.33. The first kappa shape index (κ1) is 10.5. The summed E-state index contributed by atoms with van der Waals surface area (Å²) < 4.78 is 0. The molecule has 0 bridgehead atoms. The minimum atomic E-state index is -0.599. The molecule has 0 aliphatic heterocycles. The number of rotatable bonds is 3. The van der Waals surface area contributed by atoms with Gasteiger partial charge in [0.25, 0.3) is 0 Å². The molecule has 1 saturated carbocycles. The topological polar surface area (TPSA) is 55.1 Å². The number of anilines is 1. The summed E-state index contributed by atoms with van der Waals surface area (Å²) in [6.45, 7) is 0. The number of nitrogens with two attached hydrogens (primary N) is 1. The molecule has 0 aromatic heterocycles. The Morgan fingerprint density at radius 1 is 1.40 bits per heavy atom. The highest BCUT2D eigenvalue weighted by atomic mass is 32.2. The van der Waals surface area contributed by atoms with Gasteiger partial charge in [-0.1, -0.05) is 0 Å². The molecule has 1 aliphatic rings. The van der Waals surface area contributed by atoms with E-state index in [4.69, 9.17) is 5.73 Å². The Balaban J connectivity index is 2.01. The van der Waals surface area contributed by atoms with Crippen molar-refractivity contribution in [3.8, 4) is 0 Å². The molecule has 0 unspecified atom stereocenters. The van der Waals surface area contributed by atoms with Crippen molar-refractivity contribution in [2.24, 2.45) is 5.73 Å². The van der Waals surface area contributed by atoms with Gasteiger partial charge in [-0.05, 0) is 43.4 Å². The number of benzene rings is 1. The van der Waals surface area contributed by atoms with Crippen LogP contribution < -0.4 is 11.1 Å². The summed E-state index contributed by atoms with van der Waals surface area (Å²) in [5.41, 5.74) is 5.99. The summed E-state index contributed by atoms with van der Waals surface area (Å²) in [6, 6.07) is 7.76. The molecule has 0 saturated heterocycles. The zero-order valence-corrected chi connectivity index (χ0v) is 9.43. The maximum atomic E-state index is 11.6. The third-order valence-corrected chi connectivity index (χ3v) is 3.33. The van der Waals surface area contributed by atoms with Crippen LogP contribution in [0.4, 0.5) is 5.69 Å². The van der Waals surface area contributed by atoms with Crippen molar-refractivity contribution < 1.29 is 4.79 Å². The number of hydrogen-bond acceptors (Lipinski definition) is 3. The summed E-state index contributed by atoms with van der Waals surface area (Å²) in [7, 11) is 0. The van der Waals surface area contributed by atoms with E-state index in [-0.39, 0.29) is 5.91 Å². The summed E-state index contributed by atoms with van der Waals surface area (Å²) in [6.07, 6.45) is 3.61. The third kappa shape index (κ3) is 2.33. The number of thioether (sulfide) groups is 1. The molecule has 2 rings (SSSR count). The first-order chi connectivity index (χ1) is 7.14. The Kier molecular flexibility index (Phi) is 2.71. The minimum Gasteiger partial charge on any atom is -0.324 e. The van der Waals surface area contributed by atoms with E-state index in [0.29, 0.717) is 0 Å². The molecule has 3 nitrogen and oxygen atoms in total. The van der Waals surface area contributed by atoms with Crippen LogP contribution in [0.1, 0.15) is 12.8 Å². The van der Waals surface area contributed by atoms with Crippen molar-refractivity contribution in [3.05, 3.63) is 24.3 Å². The molecule has 1 fully saturated rings. The molecule has 80 valence electrons. The first-order valence-electron chi connectivity index (χ1n) is 4.88. The van der Waals surface area contributed by atoms with E-state index in [1.807, 2.05) is 30.5 Å². The van der Waals surface area contributed by atoms with Crippen LogP contribution in [-0.4, -0.2) is 17.7 Å². The third-order valence-electron chi connectivity index (χ3n) is 2.59. The fourth-order valence-corrected chi connectivity index (χ4v) is 1.70. The maximum absolute atomic E-state index is 11.6. The van der Waals surface area contributed by atoms with E-state index < -0.39 is 5.54 Å². The van der Waals surface area contributed by atoms with E-state index in [2.05, 4.69) is 5.32 Å². The van der Waals surface area contributed by atoms with Crippen LogP contribution in [0.2, 0.25) is 0 Å². The van der Waals surface area contributed by atoms with E-state index in [0.717, 1.165) is 18.5 Å². The Hall–Kier alpha value is -1.00. The molecule has 1 aromatic carbocycles. The van der Waals surface area contributed by atoms with Crippen molar-refractivity contribution in [3.63, 3.8) is 0 Å². The monoisotopic (exact) mass is 222 g/mol. The van der Waals surface area contributed by atoms with Gasteiger partial charge in [0, 0.05) is 10.6 Å². The zero-order valence-electron chi connectivity index (χ0n) is 8.62. The smallest absolute Gasteiger partial charge is 0.244 e. The van der Waals surface area contributed by atoms with Gasteiger partial charge in [-0.2, -0.15) is 0 Å². The second-order valence-corrected chi connectivity index (χ2v) is 4.72. The van der Waals surface area contributed by atoms with Gasteiger partial charge < -0.3 is 11.1 Å². The standard InChI is InChI=1S/C11H14N2OS/c1-15-9-4-2-8(3-5-9)13-10(14)11(12)6-7-11/h2-5H,6-7,12H2,1H3,(H,13,14). The molecule has 1 aliphatic carbocycles. The number of amides is 1. The van der Waals surface area contributed by atoms with Gasteiger partial charge in [0.15, 0.2) is 0 Å². The van der Waals surface area contributed by atoms with Crippen molar-refractivity contribution in [1.29, 1.82) is 0 Å². The van der Waals surface area contributed by atoms with Crippen molar-refractivity contribution in [1.82, 2.24) is 0 Å². The summed E-state index contributed by atoms with van der Waals surface area (Å²) in [5.74, 6) is -0.0700. The molecule has 1 amide bonds. The number of hydrogen-bond donors (Lipinski definition) is 2. The molecule has 4 heteroatoms. The lowest BCUT2D eigenvalue weighted by Crippen LogP contribution is -2.37. The molecule has 3 N–H and O–H groups in total. The average Bonchev–Trinajstić information content (AvgIpc) is 2.99. The van der Waals surface area contributed by atoms with Crippen LogP contribution in [0.15, 0.2) is 29.2 Å². The van der Waals surface area contributed by atoms with E-state index in [9.17, 15) is 4.79 Å². The highest BCUT2D eigenvalue weighted by molar-refractivity contribution is 7.98. The summed E-state index contributed by atoms with van der Waals surface area (Å²) in [4.78, 5) is 12.8. The van der Waals surface area contributed by atoms with E-state index >= 15 is 0 Å². The zero-order chi connectivity index (χ0) is 10.9. The fraction of sp³-hybridized carbons (Fsp3) is 0.364. The van der Waals surface area contributed by atoms with Crippen molar-refractivity contribution in [2.75, 3.05) is 11.6 Å². The van der Waals surface area contributed by atoms with E-state index in [1.54, 1.807) is 11.8 Å². The predicted molar refractivity (Wildman–Crippen MR) is 63.0 cm³/mol. The highest BCUT2D eigenvalue weighted by Gasteiger charge is 2.45. The average molecular weight is 222 g/mol. The second-order valence-electron chi connectivity index (χ2n) is 3.84. The van der Waals surface area contributed by atoms with Gasteiger partial charge in [-0.3, -0.25) is 4.79 Å². The van der Waals surface area contributed by atoms with Gasteiger partial charge >= 0.3 is 0 Å². The molecular weight excluding hydrogens is 208 g/mol. The van der Waals surface area contributed by atoms with E-state index in [1.165, 1.54) is 4.90 Å². The molecule has 0 atom stereocenters. The quantitative estimate of drug-likeness (QED) is 0.767. The van der Waals surface area contributed by atoms with Gasteiger partial charge in [-0.15, -0.1) is 11.8 Å². The van der Waals surface area contributed by atoms with Gasteiger partial charge in [0.05, 0.1) is 5.54 Å². The van der Waals surface area contributed by atoms with Crippen LogP contribution in [0.3, 0.4) is 0 Å². The molecule has 0 heterocycles. The first-order valence-corrected chi connectivity index (χ1v) is 6.11. The summed E-state index contributed by atoms with van der Waals surface area (Å²) >= 11 is 1.68. The van der Waals surface area contributed by atoms with Crippen molar-refractivity contribution >= 4 is 23.4 Å². The van der Waals surface area contributed by atoms with Crippen LogP contribution in [-0.2, 0) is 4.79 Å². The summed E-state index contributed by atoms with van der Waals surface area (Å²) in [5, 5.41) is 2.82. The number of nitrogens with one attached hydrogen (secondary N) is 1.